The van der Waals surface area contributed by atoms with E-state index in [1.54, 1.807) is 6.07 Å². The van der Waals surface area contributed by atoms with Crippen molar-refractivity contribution in [1.29, 1.82) is 0 Å². The van der Waals surface area contributed by atoms with Gasteiger partial charge in [-0.1, -0.05) is 19.9 Å². The van der Waals surface area contributed by atoms with Crippen LogP contribution in [-0.2, 0) is 6.54 Å². The summed E-state index contributed by atoms with van der Waals surface area (Å²) < 4.78 is 14.2. The molecule has 21 heavy (non-hydrogen) atoms. The SMILES string of the molecule is CC(C)CNCc1c(F)cccc1N(CCCO)C(C)C. The van der Waals surface area contributed by atoms with Gasteiger partial charge < -0.3 is 15.3 Å². The molecule has 0 fully saturated rings. The van der Waals surface area contributed by atoms with Crippen LogP contribution in [0.25, 0.3) is 0 Å². The topological polar surface area (TPSA) is 35.5 Å². The summed E-state index contributed by atoms with van der Waals surface area (Å²) in [4.78, 5) is 2.16. The maximum Gasteiger partial charge on any atom is 0.129 e. The van der Waals surface area contributed by atoms with Crippen molar-refractivity contribution in [2.75, 3.05) is 24.6 Å². The molecule has 0 heterocycles. The molecule has 0 aromatic heterocycles. The first-order valence-corrected chi connectivity index (χ1v) is 7.83. The van der Waals surface area contributed by atoms with E-state index in [1.165, 1.54) is 6.07 Å². The maximum absolute atomic E-state index is 14.2. The summed E-state index contributed by atoms with van der Waals surface area (Å²) in [6, 6.07) is 5.50. The number of anilines is 1. The van der Waals surface area contributed by atoms with Crippen LogP contribution in [0.15, 0.2) is 18.2 Å². The molecule has 0 aliphatic carbocycles. The number of rotatable bonds is 9. The van der Waals surface area contributed by atoms with Gasteiger partial charge in [0, 0.05) is 37.0 Å². The highest BCUT2D eigenvalue weighted by Crippen LogP contribution is 2.25. The monoisotopic (exact) mass is 296 g/mol. The Balaban J connectivity index is 2.95. The normalized spacial score (nSPS) is 11.4. The molecule has 0 bridgehead atoms. The quantitative estimate of drug-likeness (QED) is 0.735. The van der Waals surface area contributed by atoms with Gasteiger partial charge >= 0.3 is 0 Å². The van der Waals surface area contributed by atoms with E-state index in [-0.39, 0.29) is 18.5 Å². The third-order valence-corrected chi connectivity index (χ3v) is 3.44. The van der Waals surface area contributed by atoms with Gasteiger partial charge in [-0.05, 0) is 44.9 Å². The zero-order valence-electron chi connectivity index (χ0n) is 13.7. The first-order chi connectivity index (χ1) is 9.97. The van der Waals surface area contributed by atoms with Gasteiger partial charge in [0.25, 0.3) is 0 Å². The van der Waals surface area contributed by atoms with Gasteiger partial charge in [0.1, 0.15) is 5.82 Å². The summed E-state index contributed by atoms with van der Waals surface area (Å²) in [5, 5.41) is 12.4. The summed E-state index contributed by atoms with van der Waals surface area (Å²) in [5.41, 5.74) is 1.64. The minimum Gasteiger partial charge on any atom is -0.396 e. The summed E-state index contributed by atoms with van der Waals surface area (Å²) >= 11 is 0. The molecule has 0 spiro atoms. The van der Waals surface area contributed by atoms with Crippen LogP contribution in [0, 0.1) is 11.7 Å². The number of hydrogen-bond donors (Lipinski definition) is 2. The lowest BCUT2D eigenvalue weighted by molar-refractivity contribution is 0.288. The van der Waals surface area contributed by atoms with Crippen LogP contribution in [0.1, 0.15) is 39.7 Å². The Morgan fingerprint density at radius 1 is 1.24 bits per heavy atom. The van der Waals surface area contributed by atoms with Crippen molar-refractivity contribution in [3.63, 3.8) is 0 Å². The van der Waals surface area contributed by atoms with Gasteiger partial charge in [0.2, 0.25) is 0 Å². The van der Waals surface area contributed by atoms with E-state index >= 15 is 0 Å². The van der Waals surface area contributed by atoms with Crippen molar-refractivity contribution in [1.82, 2.24) is 5.32 Å². The van der Waals surface area contributed by atoms with Gasteiger partial charge in [-0.2, -0.15) is 0 Å². The predicted molar refractivity (Wildman–Crippen MR) is 87.1 cm³/mol. The maximum atomic E-state index is 14.2. The molecule has 0 saturated heterocycles. The van der Waals surface area contributed by atoms with Crippen LogP contribution >= 0.6 is 0 Å². The van der Waals surface area contributed by atoms with Gasteiger partial charge in [-0.3, -0.25) is 0 Å². The van der Waals surface area contributed by atoms with Gasteiger partial charge in [-0.25, -0.2) is 4.39 Å². The molecule has 0 saturated carbocycles. The Bertz CT molecular complexity index is 421. The average Bonchev–Trinajstić information content (AvgIpc) is 2.41. The largest absolute Gasteiger partial charge is 0.396 e. The fourth-order valence-electron chi connectivity index (χ4n) is 2.38. The van der Waals surface area contributed by atoms with Crippen molar-refractivity contribution in [3.8, 4) is 0 Å². The molecule has 0 amide bonds. The molecule has 1 aromatic carbocycles. The smallest absolute Gasteiger partial charge is 0.129 e. The fraction of sp³-hybridized carbons (Fsp3) is 0.647. The van der Waals surface area contributed by atoms with Gasteiger partial charge in [-0.15, -0.1) is 0 Å². The molecule has 3 nitrogen and oxygen atoms in total. The number of aliphatic hydroxyl groups excluding tert-OH is 1. The number of aliphatic hydroxyl groups is 1. The summed E-state index contributed by atoms with van der Waals surface area (Å²) in [6.45, 7) is 10.7. The van der Waals surface area contributed by atoms with Crippen LogP contribution in [0.4, 0.5) is 10.1 Å². The minimum atomic E-state index is -0.168. The Kier molecular flexibility index (Phi) is 7.68. The zero-order chi connectivity index (χ0) is 15.8. The molecule has 0 atom stereocenters. The molecule has 1 rings (SSSR count). The highest BCUT2D eigenvalue weighted by molar-refractivity contribution is 5.55. The molecule has 2 N–H and O–H groups in total. The second kappa shape index (κ2) is 9.00. The van der Waals surface area contributed by atoms with E-state index in [1.807, 2.05) is 6.07 Å². The van der Waals surface area contributed by atoms with Crippen molar-refractivity contribution >= 4 is 5.69 Å². The predicted octanol–water partition coefficient (Wildman–Crippen LogP) is 3.17. The van der Waals surface area contributed by atoms with Crippen LogP contribution in [0.2, 0.25) is 0 Å². The zero-order valence-corrected chi connectivity index (χ0v) is 13.7. The van der Waals surface area contributed by atoms with Gasteiger partial charge in [0.15, 0.2) is 0 Å². The number of hydrogen-bond acceptors (Lipinski definition) is 3. The molecule has 1 aromatic rings. The molecule has 0 radical (unpaired) electrons. The first kappa shape index (κ1) is 17.9. The molecular formula is C17H29FN2O. The van der Waals surface area contributed by atoms with Crippen molar-refractivity contribution < 1.29 is 9.50 Å². The average molecular weight is 296 g/mol. The van der Waals surface area contributed by atoms with Crippen molar-refractivity contribution in [2.45, 2.75) is 46.7 Å². The molecule has 0 aliphatic heterocycles. The van der Waals surface area contributed by atoms with Crippen molar-refractivity contribution in [3.05, 3.63) is 29.6 Å². The summed E-state index contributed by atoms with van der Waals surface area (Å²) in [6.07, 6.45) is 0.688. The Morgan fingerprint density at radius 3 is 2.52 bits per heavy atom. The van der Waals surface area contributed by atoms with Crippen LogP contribution < -0.4 is 10.2 Å². The van der Waals surface area contributed by atoms with Gasteiger partial charge in [0.05, 0.1) is 0 Å². The fourth-order valence-corrected chi connectivity index (χ4v) is 2.38. The number of benzene rings is 1. The van der Waals surface area contributed by atoms with E-state index in [0.717, 1.165) is 18.8 Å². The van der Waals surface area contributed by atoms with E-state index in [4.69, 9.17) is 5.11 Å². The highest BCUT2D eigenvalue weighted by atomic mass is 19.1. The third kappa shape index (κ3) is 5.64. The van der Waals surface area contributed by atoms with Crippen LogP contribution in [0.3, 0.4) is 0 Å². The van der Waals surface area contributed by atoms with Crippen LogP contribution in [0.5, 0.6) is 0 Å². The van der Waals surface area contributed by atoms with E-state index < -0.39 is 0 Å². The molecule has 0 unspecified atom stereocenters. The minimum absolute atomic E-state index is 0.152. The lowest BCUT2D eigenvalue weighted by Gasteiger charge is -2.31. The van der Waals surface area contributed by atoms with E-state index in [0.29, 0.717) is 24.4 Å². The number of nitrogens with zero attached hydrogens (tertiary/aromatic N) is 1. The Hall–Kier alpha value is -1.13. The second-order valence-electron chi connectivity index (χ2n) is 6.13. The molecular weight excluding hydrogens is 267 g/mol. The molecule has 0 aliphatic rings. The summed E-state index contributed by atoms with van der Waals surface area (Å²) in [7, 11) is 0. The van der Waals surface area contributed by atoms with Crippen molar-refractivity contribution in [2.24, 2.45) is 5.92 Å². The molecule has 4 heteroatoms. The molecule has 120 valence electrons. The van der Waals surface area contributed by atoms with E-state index in [9.17, 15) is 4.39 Å². The van der Waals surface area contributed by atoms with Crippen LogP contribution in [-0.4, -0.2) is 30.8 Å². The number of halogens is 1. The lowest BCUT2D eigenvalue weighted by Crippen LogP contribution is -2.34. The highest BCUT2D eigenvalue weighted by Gasteiger charge is 2.16. The Morgan fingerprint density at radius 2 is 1.95 bits per heavy atom. The lowest BCUT2D eigenvalue weighted by atomic mass is 10.1. The standard InChI is InChI=1S/C17H29FN2O/c1-13(2)11-19-12-15-16(18)7-5-8-17(15)20(14(3)4)9-6-10-21/h5,7-8,13-14,19,21H,6,9-12H2,1-4H3. The number of nitrogens with one attached hydrogen (secondary N) is 1. The first-order valence-electron chi connectivity index (χ1n) is 7.83. The summed E-state index contributed by atoms with van der Waals surface area (Å²) in [5.74, 6) is 0.370. The second-order valence-corrected chi connectivity index (χ2v) is 6.13. The Labute approximate surface area is 128 Å². The third-order valence-electron chi connectivity index (χ3n) is 3.44. The van der Waals surface area contributed by atoms with E-state index in [2.05, 4.69) is 37.9 Å².